The molecule has 0 amide bonds. The lowest BCUT2D eigenvalue weighted by Gasteiger charge is -2.14. The Hall–Kier alpha value is -0.630. The van der Waals surface area contributed by atoms with Gasteiger partial charge in [-0.05, 0) is 0 Å². The summed E-state index contributed by atoms with van der Waals surface area (Å²) in [5.74, 6) is 0. The Labute approximate surface area is 70.9 Å². The van der Waals surface area contributed by atoms with Crippen LogP contribution in [-0.2, 0) is 5.41 Å². The molecule has 0 spiro atoms. The van der Waals surface area contributed by atoms with Crippen molar-refractivity contribution >= 4 is 17.3 Å². The van der Waals surface area contributed by atoms with E-state index in [1.165, 1.54) is 5.69 Å². The SMILES string of the molecule is CC1(C)CNc2c(Cl)c[nH]c21. The van der Waals surface area contributed by atoms with E-state index in [2.05, 4.69) is 24.1 Å². The Morgan fingerprint density at radius 2 is 2.27 bits per heavy atom. The molecule has 1 aliphatic rings. The van der Waals surface area contributed by atoms with Gasteiger partial charge in [-0.3, -0.25) is 0 Å². The molecule has 0 aromatic carbocycles. The molecule has 2 rings (SSSR count). The second kappa shape index (κ2) is 1.95. The van der Waals surface area contributed by atoms with Crippen molar-refractivity contribution < 1.29 is 0 Å². The summed E-state index contributed by atoms with van der Waals surface area (Å²) in [4.78, 5) is 3.18. The van der Waals surface area contributed by atoms with Gasteiger partial charge in [0.05, 0.1) is 10.7 Å². The second-order valence-corrected chi connectivity index (χ2v) is 4.03. The summed E-state index contributed by atoms with van der Waals surface area (Å²) in [5.41, 5.74) is 2.50. The summed E-state index contributed by atoms with van der Waals surface area (Å²) in [6, 6.07) is 0. The van der Waals surface area contributed by atoms with Crippen LogP contribution in [0.2, 0.25) is 5.02 Å². The highest BCUT2D eigenvalue weighted by Gasteiger charge is 2.32. The van der Waals surface area contributed by atoms with E-state index in [0.29, 0.717) is 0 Å². The van der Waals surface area contributed by atoms with Gasteiger partial charge in [-0.15, -0.1) is 0 Å². The molecule has 3 heteroatoms. The van der Waals surface area contributed by atoms with E-state index in [9.17, 15) is 0 Å². The molecule has 0 saturated heterocycles. The van der Waals surface area contributed by atoms with Crippen LogP contribution in [0.4, 0.5) is 5.69 Å². The molecule has 60 valence electrons. The Bertz CT molecular complexity index is 288. The van der Waals surface area contributed by atoms with Gasteiger partial charge in [0.2, 0.25) is 0 Å². The number of aromatic amines is 1. The Balaban J connectivity index is 2.57. The number of nitrogens with one attached hydrogen (secondary N) is 2. The molecule has 2 N–H and O–H groups in total. The zero-order chi connectivity index (χ0) is 8.06. The zero-order valence-corrected chi connectivity index (χ0v) is 7.42. The quantitative estimate of drug-likeness (QED) is 0.615. The van der Waals surface area contributed by atoms with Gasteiger partial charge in [0.15, 0.2) is 0 Å². The first-order valence-electron chi connectivity index (χ1n) is 3.72. The summed E-state index contributed by atoms with van der Waals surface area (Å²) in [7, 11) is 0. The molecular formula is C8H11ClN2. The van der Waals surface area contributed by atoms with Crippen molar-refractivity contribution in [3.63, 3.8) is 0 Å². The third-order valence-electron chi connectivity index (χ3n) is 2.22. The number of H-pyrrole nitrogens is 1. The topological polar surface area (TPSA) is 27.8 Å². The first-order chi connectivity index (χ1) is 5.11. The van der Waals surface area contributed by atoms with E-state index in [1.54, 1.807) is 0 Å². The molecule has 0 bridgehead atoms. The lowest BCUT2D eigenvalue weighted by atomic mass is 9.92. The maximum atomic E-state index is 5.92. The average Bonchev–Trinajstić information content (AvgIpc) is 2.39. The number of anilines is 1. The van der Waals surface area contributed by atoms with Crippen molar-refractivity contribution in [1.82, 2.24) is 4.98 Å². The molecule has 2 heterocycles. The highest BCUT2D eigenvalue weighted by atomic mass is 35.5. The monoisotopic (exact) mass is 170 g/mol. The van der Waals surface area contributed by atoms with Crippen molar-refractivity contribution in [2.45, 2.75) is 19.3 Å². The standard InChI is InChI=1S/C8H11ClN2/c1-8(2)4-11-6-5(9)3-10-7(6)8/h3,10-11H,4H2,1-2H3. The number of rotatable bonds is 0. The number of halogens is 1. The average molecular weight is 171 g/mol. The van der Waals surface area contributed by atoms with Crippen molar-refractivity contribution in [3.05, 3.63) is 16.9 Å². The lowest BCUT2D eigenvalue weighted by Crippen LogP contribution is -2.19. The molecule has 11 heavy (non-hydrogen) atoms. The van der Waals surface area contributed by atoms with Crippen molar-refractivity contribution in [2.24, 2.45) is 0 Å². The highest BCUT2D eigenvalue weighted by molar-refractivity contribution is 6.33. The largest absolute Gasteiger partial charge is 0.381 e. The Morgan fingerprint density at radius 1 is 1.55 bits per heavy atom. The third kappa shape index (κ3) is 0.857. The van der Waals surface area contributed by atoms with Crippen molar-refractivity contribution in [2.75, 3.05) is 11.9 Å². The molecule has 0 unspecified atom stereocenters. The molecule has 0 fully saturated rings. The molecular weight excluding hydrogens is 160 g/mol. The van der Waals surface area contributed by atoms with E-state index in [4.69, 9.17) is 11.6 Å². The maximum Gasteiger partial charge on any atom is 0.0815 e. The van der Waals surface area contributed by atoms with Crippen molar-refractivity contribution in [1.29, 1.82) is 0 Å². The zero-order valence-electron chi connectivity index (χ0n) is 6.66. The van der Waals surface area contributed by atoms with Gasteiger partial charge >= 0.3 is 0 Å². The number of hydrogen-bond donors (Lipinski definition) is 2. The van der Waals surface area contributed by atoms with Crippen LogP contribution in [0.25, 0.3) is 0 Å². The van der Waals surface area contributed by atoms with Gasteiger partial charge in [-0.2, -0.15) is 0 Å². The molecule has 0 saturated carbocycles. The van der Waals surface area contributed by atoms with Crippen LogP contribution in [-0.4, -0.2) is 11.5 Å². The molecule has 0 radical (unpaired) electrons. The predicted molar refractivity (Wildman–Crippen MR) is 47.3 cm³/mol. The highest BCUT2D eigenvalue weighted by Crippen LogP contribution is 2.39. The fourth-order valence-corrected chi connectivity index (χ4v) is 1.72. The molecule has 1 aromatic rings. The fourth-order valence-electron chi connectivity index (χ4n) is 1.50. The predicted octanol–water partition coefficient (Wildman–Crippen LogP) is 2.37. The van der Waals surface area contributed by atoms with Gasteiger partial charge in [0, 0.05) is 23.9 Å². The van der Waals surface area contributed by atoms with Crippen LogP contribution in [0.1, 0.15) is 19.5 Å². The first kappa shape index (κ1) is 7.04. The van der Waals surface area contributed by atoms with Crippen LogP contribution in [0.3, 0.4) is 0 Å². The minimum absolute atomic E-state index is 0.197. The maximum absolute atomic E-state index is 5.92. The normalized spacial score (nSPS) is 19.5. The van der Waals surface area contributed by atoms with E-state index in [-0.39, 0.29) is 5.41 Å². The number of fused-ring (bicyclic) bond motifs is 1. The lowest BCUT2D eigenvalue weighted by molar-refractivity contribution is 0.570. The molecule has 0 atom stereocenters. The molecule has 1 aliphatic heterocycles. The van der Waals surface area contributed by atoms with Gasteiger partial charge < -0.3 is 10.3 Å². The summed E-state index contributed by atoms with van der Waals surface area (Å²) >= 11 is 5.92. The van der Waals surface area contributed by atoms with Crippen LogP contribution in [0, 0.1) is 0 Å². The van der Waals surface area contributed by atoms with Gasteiger partial charge in [0.1, 0.15) is 0 Å². The second-order valence-electron chi connectivity index (χ2n) is 3.62. The minimum atomic E-state index is 0.197. The smallest absolute Gasteiger partial charge is 0.0815 e. The van der Waals surface area contributed by atoms with Gasteiger partial charge in [-0.1, -0.05) is 25.4 Å². The van der Waals surface area contributed by atoms with E-state index in [1.807, 2.05) is 6.20 Å². The minimum Gasteiger partial charge on any atom is -0.381 e. The van der Waals surface area contributed by atoms with Crippen LogP contribution in [0.15, 0.2) is 6.20 Å². The number of aromatic nitrogens is 1. The molecule has 1 aromatic heterocycles. The van der Waals surface area contributed by atoms with E-state index in [0.717, 1.165) is 17.3 Å². The summed E-state index contributed by atoms with van der Waals surface area (Å²) < 4.78 is 0. The Morgan fingerprint density at radius 3 is 2.91 bits per heavy atom. The van der Waals surface area contributed by atoms with Crippen LogP contribution in [0.5, 0.6) is 0 Å². The fraction of sp³-hybridized carbons (Fsp3) is 0.500. The summed E-state index contributed by atoms with van der Waals surface area (Å²) in [6.45, 7) is 5.35. The summed E-state index contributed by atoms with van der Waals surface area (Å²) in [6.07, 6.45) is 1.83. The van der Waals surface area contributed by atoms with Crippen molar-refractivity contribution in [3.8, 4) is 0 Å². The molecule has 0 aliphatic carbocycles. The van der Waals surface area contributed by atoms with Gasteiger partial charge in [0.25, 0.3) is 0 Å². The third-order valence-corrected chi connectivity index (χ3v) is 2.51. The van der Waals surface area contributed by atoms with Gasteiger partial charge in [-0.25, -0.2) is 0 Å². The summed E-state index contributed by atoms with van der Waals surface area (Å²) in [5, 5.41) is 4.07. The first-order valence-corrected chi connectivity index (χ1v) is 4.10. The van der Waals surface area contributed by atoms with Crippen LogP contribution >= 0.6 is 11.6 Å². The number of hydrogen-bond acceptors (Lipinski definition) is 1. The van der Waals surface area contributed by atoms with E-state index < -0.39 is 0 Å². The Kier molecular flexibility index (Phi) is 1.25. The van der Waals surface area contributed by atoms with E-state index >= 15 is 0 Å². The van der Waals surface area contributed by atoms with Crippen LogP contribution < -0.4 is 5.32 Å². The molecule has 2 nitrogen and oxygen atoms in total.